The molecular weight excluding hydrogens is 792 g/mol. The Morgan fingerprint density at radius 3 is 1.48 bits per heavy atom. The predicted molar refractivity (Wildman–Crippen MR) is 252 cm³/mol. The van der Waals surface area contributed by atoms with Crippen molar-refractivity contribution in [2.24, 2.45) is 11.8 Å². The van der Waals surface area contributed by atoms with E-state index in [4.69, 9.17) is 0 Å². The van der Waals surface area contributed by atoms with Crippen LogP contribution in [0.2, 0.25) is 0 Å². The summed E-state index contributed by atoms with van der Waals surface area (Å²) in [7, 11) is -0.632. The molecule has 0 spiro atoms. The molecule has 2 atom stereocenters. The van der Waals surface area contributed by atoms with Crippen LogP contribution in [-0.4, -0.2) is 9.52 Å². The van der Waals surface area contributed by atoms with Crippen LogP contribution in [-0.2, 0) is 21.8 Å². The Labute approximate surface area is 359 Å². The second-order valence-electron chi connectivity index (χ2n) is 18.7. The number of fused-ring (bicyclic) bond motifs is 5. The summed E-state index contributed by atoms with van der Waals surface area (Å²) in [5, 5.41) is 3.39. The topological polar surface area (TPSA) is 0 Å². The first-order valence-corrected chi connectivity index (χ1v) is 27.3. The number of allylic oxidation sites excluding steroid dienone is 2. The third kappa shape index (κ3) is 6.77. The fraction of sp³-hybridized carbons (Fsp3) is 0.286. The molecule has 2 heteroatoms. The molecule has 1 aliphatic heterocycles. The second-order valence-corrected chi connectivity index (χ2v) is 27.0. The van der Waals surface area contributed by atoms with Gasteiger partial charge in [0.1, 0.15) is 0 Å². The summed E-state index contributed by atoms with van der Waals surface area (Å²) in [4.78, 5) is 0. The van der Waals surface area contributed by atoms with Gasteiger partial charge in [0.15, 0.2) is 0 Å². The molecule has 9 rings (SSSR count). The van der Waals surface area contributed by atoms with Crippen molar-refractivity contribution in [3.63, 3.8) is 0 Å². The molecule has 3 aliphatic rings. The molecule has 0 nitrogen and oxygen atoms in total. The molecule has 6 aromatic rings. The van der Waals surface area contributed by atoms with Gasteiger partial charge in [0, 0.05) is 0 Å². The van der Waals surface area contributed by atoms with Crippen LogP contribution in [0.5, 0.6) is 0 Å². The van der Waals surface area contributed by atoms with Crippen LogP contribution >= 0.6 is 0 Å². The van der Waals surface area contributed by atoms with Crippen LogP contribution in [0.3, 0.4) is 0 Å². The standard InChI is InChI=1S/2C22H25.C12H9Si.Zr/c2*1-14(2)9-18-12-19-7-6-8-20(22(19)13-18)21-11-15(3)10-16(4)17(21)5;1-3-7-11-9(5-1)10-6-2-4-8-12(10)13-11;/h2*6-8,10-14H,9H2,1-5H3;1-7H,13H2;. The van der Waals surface area contributed by atoms with Crippen molar-refractivity contribution in [2.45, 2.75) is 89.3 Å². The van der Waals surface area contributed by atoms with Crippen LogP contribution in [0.25, 0.3) is 45.5 Å². The van der Waals surface area contributed by atoms with Crippen molar-refractivity contribution in [2.75, 3.05) is 0 Å². The van der Waals surface area contributed by atoms with Crippen molar-refractivity contribution in [1.29, 1.82) is 0 Å². The van der Waals surface area contributed by atoms with Crippen LogP contribution < -0.4 is 13.6 Å². The maximum atomic E-state index is 2.71. The van der Waals surface area contributed by atoms with Crippen LogP contribution in [0, 0.1) is 53.4 Å². The van der Waals surface area contributed by atoms with E-state index in [1.165, 1.54) is 77.9 Å². The molecule has 1 heterocycles. The fourth-order valence-corrected chi connectivity index (χ4v) is 24.9. The molecule has 58 heavy (non-hydrogen) atoms. The molecule has 0 N–H and O–H groups in total. The van der Waals surface area contributed by atoms with Gasteiger partial charge in [0.25, 0.3) is 0 Å². The van der Waals surface area contributed by atoms with E-state index in [9.17, 15) is 0 Å². The molecule has 291 valence electrons. The van der Waals surface area contributed by atoms with Crippen LogP contribution in [0.1, 0.15) is 103 Å². The zero-order chi connectivity index (χ0) is 40.6. The summed E-state index contributed by atoms with van der Waals surface area (Å²) in [5.41, 5.74) is 26.6. The third-order valence-corrected chi connectivity index (χ3v) is 25.7. The SMILES string of the molecule is Cc1cc(C)c(C)c(-c2cccc3c2C=C(CC(C)C)[CH]3[Zr]([c]2cccc3c2[SiH2]c2ccccc2-3)[CH]2C(CC(C)C)=Cc3c(-c4cc(C)cc(C)c4C)cccc32)c1. The van der Waals surface area contributed by atoms with Crippen molar-refractivity contribution in [3.05, 3.63) is 170 Å². The first kappa shape index (κ1) is 39.4. The van der Waals surface area contributed by atoms with Crippen molar-refractivity contribution in [1.82, 2.24) is 0 Å². The Kier molecular flexibility index (Phi) is 10.5. The fourth-order valence-electron chi connectivity index (χ4n) is 11.0. The van der Waals surface area contributed by atoms with Gasteiger partial charge in [-0.15, -0.1) is 0 Å². The molecule has 0 aromatic heterocycles. The van der Waals surface area contributed by atoms with E-state index in [0.29, 0.717) is 19.1 Å². The quantitative estimate of drug-likeness (QED) is 0.127. The zero-order valence-corrected chi connectivity index (χ0v) is 40.3. The van der Waals surface area contributed by atoms with Gasteiger partial charge in [-0.1, -0.05) is 0 Å². The molecule has 2 unspecified atom stereocenters. The van der Waals surface area contributed by atoms with Gasteiger partial charge in [-0.2, -0.15) is 0 Å². The van der Waals surface area contributed by atoms with E-state index in [2.05, 4.69) is 185 Å². The van der Waals surface area contributed by atoms with E-state index in [0.717, 1.165) is 12.8 Å². The van der Waals surface area contributed by atoms with E-state index in [-0.39, 0.29) is 0 Å². The Hall–Kier alpha value is -4.10. The third-order valence-electron chi connectivity index (χ3n) is 13.6. The monoisotopic (exact) mass is 849 g/mol. The Bertz CT molecular complexity index is 2550. The molecule has 0 saturated carbocycles. The minimum atomic E-state index is -2.91. The van der Waals surface area contributed by atoms with Gasteiger partial charge in [-0.25, -0.2) is 0 Å². The Balaban J connectivity index is 1.33. The molecular formula is C56H59SiZr. The normalized spacial score (nSPS) is 16.8. The summed E-state index contributed by atoms with van der Waals surface area (Å²) >= 11 is -2.91. The second kappa shape index (κ2) is 15.5. The average Bonchev–Trinajstić information content (AvgIpc) is 3.86. The number of rotatable bonds is 9. The minimum absolute atomic E-state index is 0.466. The van der Waals surface area contributed by atoms with Gasteiger partial charge >= 0.3 is 362 Å². The summed E-state index contributed by atoms with van der Waals surface area (Å²) in [6.07, 6.45) is 7.70. The van der Waals surface area contributed by atoms with E-state index in [1.54, 1.807) is 35.9 Å². The summed E-state index contributed by atoms with van der Waals surface area (Å²) in [6.45, 7) is 23.5. The molecule has 0 amide bonds. The molecule has 0 saturated heterocycles. The maximum absolute atomic E-state index is 2.91. The molecule has 0 radical (unpaired) electrons. The molecule has 6 aromatic carbocycles. The zero-order valence-electron chi connectivity index (χ0n) is 36.4. The Morgan fingerprint density at radius 2 is 0.966 bits per heavy atom. The Morgan fingerprint density at radius 1 is 0.500 bits per heavy atom. The van der Waals surface area contributed by atoms with Crippen molar-refractivity contribution in [3.8, 4) is 33.4 Å². The molecule has 0 bridgehead atoms. The average molecular weight is 851 g/mol. The number of hydrogen-bond acceptors (Lipinski definition) is 0. The molecule has 2 aliphatic carbocycles. The van der Waals surface area contributed by atoms with Gasteiger partial charge in [0.2, 0.25) is 0 Å². The van der Waals surface area contributed by atoms with E-state index < -0.39 is 31.3 Å². The van der Waals surface area contributed by atoms with Crippen molar-refractivity contribution >= 4 is 35.3 Å². The summed E-state index contributed by atoms with van der Waals surface area (Å²) in [6, 6.07) is 41.3. The van der Waals surface area contributed by atoms with Gasteiger partial charge in [-0.05, 0) is 0 Å². The first-order chi connectivity index (χ1) is 27.9. The summed E-state index contributed by atoms with van der Waals surface area (Å²) in [5.74, 6) is 1.17. The van der Waals surface area contributed by atoms with Crippen molar-refractivity contribution < 1.29 is 21.8 Å². The van der Waals surface area contributed by atoms with E-state index in [1.807, 2.05) is 0 Å². The first-order valence-electron chi connectivity index (χ1n) is 21.8. The van der Waals surface area contributed by atoms with Gasteiger partial charge in [-0.3, -0.25) is 0 Å². The number of hydrogen-bond donors (Lipinski definition) is 0. The van der Waals surface area contributed by atoms with Gasteiger partial charge in [0.05, 0.1) is 0 Å². The number of aryl methyl sites for hydroxylation is 4. The van der Waals surface area contributed by atoms with E-state index >= 15 is 0 Å². The van der Waals surface area contributed by atoms with Crippen LogP contribution in [0.15, 0.2) is 114 Å². The van der Waals surface area contributed by atoms with Crippen LogP contribution in [0.4, 0.5) is 0 Å². The van der Waals surface area contributed by atoms with Gasteiger partial charge < -0.3 is 0 Å². The predicted octanol–water partition coefficient (Wildman–Crippen LogP) is 12.6. The molecule has 0 fully saturated rings. The number of benzene rings is 6. The summed E-state index contributed by atoms with van der Waals surface area (Å²) < 4.78 is 2.73.